The van der Waals surface area contributed by atoms with E-state index in [9.17, 15) is 0 Å². The number of pyridine rings is 1. The Hall–Kier alpha value is -2.70. The largest absolute Gasteiger partial charge is 0.357 e. The van der Waals surface area contributed by atoms with Crippen molar-refractivity contribution in [3.8, 4) is 0 Å². The average molecular weight is 310 g/mol. The third kappa shape index (κ3) is 3.23. The van der Waals surface area contributed by atoms with Crippen molar-refractivity contribution in [2.45, 2.75) is 38.3 Å². The zero-order chi connectivity index (χ0) is 15.6. The van der Waals surface area contributed by atoms with E-state index in [1.54, 1.807) is 6.20 Å². The second kappa shape index (κ2) is 5.83. The number of aromatic nitrogens is 5. The number of hydrogen-bond acceptors (Lipinski definition) is 6. The van der Waals surface area contributed by atoms with E-state index in [0.29, 0.717) is 18.4 Å². The van der Waals surface area contributed by atoms with Gasteiger partial charge in [0.15, 0.2) is 5.82 Å². The van der Waals surface area contributed by atoms with Crippen molar-refractivity contribution in [2.24, 2.45) is 0 Å². The summed E-state index contributed by atoms with van der Waals surface area (Å²) >= 11 is 0. The lowest BCUT2D eigenvalue weighted by atomic mass is 10.3. The van der Waals surface area contributed by atoms with Gasteiger partial charge >= 0.3 is 0 Å². The van der Waals surface area contributed by atoms with E-state index in [1.165, 1.54) is 12.8 Å². The lowest BCUT2D eigenvalue weighted by Gasteiger charge is -2.07. The molecule has 0 amide bonds. The Morgan fingerprint density at radius 1 is 1.35 bits per heavy atom. The van der Waals surface area contributed by atoms with Gasteiger partial charge in [-0.05, 0) is 31.9 Å². The van der Waals surface area contributed by atoms with Crippen LogP contribution in [-0.2, 0) is 6.54 Å². The summed E-state index contributed by atoms with van der Waals surface area (Å²) in [5.74, 6) is 2.71. The zero-order valence-electron chi connectivity index (χ0n) is 12.9. The predicted octanol–water partition coefficient (Wildman–Crippen LogP) is 2.76. The van der Waals surface area contributed by atoms with Crippen molar-refractivity contribution >= 4 is 5.82 Å². The topological polar surface area (TPSA) is 81.7 Å². The van der Waals surface area contributed by atoms with Gasteiger partial charge < -0.3 is 9.84 Å². The summed E-state index contributed by atoms with van der Waals surface area (Å²) in [5, 5.41) is 11.8. The molecule has 23 heavy (non-hydrogen) atoms. The first-order valence-electron chi connectivity index (χ1n) is 7.81. The van der Waals surface area contributed by atoms with Gasteiger partial charge in [0.1, 0.15) is 11.9 Å². The first-order valence-corrected chi connectivity index (χ1v) is 7.81. The fourth-order valence-corrected chi connectivity index (χ4v) is 2.40. The summed E-state index contributed by atoms with van der Waals surface area (Å²) in [7, 11) is 0. The van der Waals surface area contributed by atoms with Crippen LogP contribution in [-0.4, -0.2) is 24.9 Å². The first-order chi connectivity index (χ1) is 11.3. The molecule has 4 rings (SSSR count). The Kier molecular flexibility index (Phi) is 3.53. The quantitative estimate of drug-likeness (QED) is 0.754. The Morgan fingerprint density at radius 2 is 2.26 bits per heavy atom. The van der Waals surface area contributed by atoms with E-state index in [4.69, 9.17) is 4.52 Å². The van der Waals surface area contributed by atoms with E-state index < -0.39 is 0 Å². The van der Waals surface area contributed by atoms with Gasteiger partial charge in [0.2, 0.25) is 5.89 Å². The maximum Gasteiger partial charge on any atom is 0.248 e. The Bertz CT molecular complexity index is 777. The molecule has 1 N–H and O–H groups in total. The second-order valence-electron chi connectivity index (χ2n) is 5.85. The Morgan fingerprint density at radius 3 is 3.04 bits per heavy atom. The van der Waals surface area contributed by atoms with E-state index >= 15 is 0 Å². The van der Waals surface area contributed by atoms with E-state index in [-0.39, 0.29) is 6.04 Å². The molecule has 0 radical (unpaired) electrons. The molecule has 0 aliphatic heterocycles. The van der Waals surface area contributed by atoms with Crippen molar-refractivity contribution in [1.29, 1.82) is 0 Å². The van der Waals surface area contributed by atoms with Crippen LogP contribution in [0.2, 0.25) is 0 Å². The SMILES string of the molecule is C[C@@H](Nc1ccn(Cc2ccccn2)n1)c1nc(C2CC2)no1. The van der Waals surface area contributed by atoms with Gasteiger partial charge in [-0.1, -0.05) is 11.2 Å². The van der Waals surface area contributed by atoms with E-state index in [2.05, 4.69) is 25.5 Å². The van der Waals surface area contributed by atoms with Gasteiger partial charge in [-0.25, -0.2) is 0 Å². The van der Waals surface area contributed by atoms with Crippen molar-refractivity contribution in [3.63, 3.8) is 0 Å². The monoisotopic (exact) mass is 310 g/mol. The molecule has 3 heterocycles. The summed E-state index contributed by atoms with van der Waals surface area (Å²) in [4.78, 5) is 8.76. The average Bonchev–Trinajstić information content (AvgIpc) is 3.13. The maximum absolute atomic E-state index is 5.33. The van der Waals surface area contributed by atoms with Crippen LogP contribution in [0.25, 0.3) is 0 Å². The van der Waals surface area contributed by atoms with Crippen LogP contribution in [0.15, 0.2) is 41.2 Å². The lowest BCUT2D eigenvalue weighted by molar-refractivity contribution is 0.362. The van der Waals surface area contributed by atoms with Gasteiger partial charge in [-0.3, -0.25) is 9.67 Å². The van der Waals surface area contributed by atoms with E-state index in [1.807, 2.05) is 42.1 Å². The van der Waals surface area contributed by atoms with Gasteiger partial charge in [0.25, 0.3) is 0 Å². The van der Waals surface area contributed by atoms with Crippen molar-refractivity contribution in [2.75, 3.05) is 5.32 Å². The molecule has 1 atom stereocenters. The van der Waals surface area contributed by atoms with Crippen LogP contribution in [0, 0.1) is 0 Å². The highest BCUT2D eigenvalue weighted by molar-refractivity contribution is 5.34. The van der Waals surface area contributed by atoms with Crippen LogP contribution in [0.5, 0.6) is 0 Å². The highest BCUT2D eigenvalue weighted by Crippen LogP contribution is 2.38. The molecular formula is C16H18N6O. The molecule has 1 aliphatic carbocycles. The molecule has 3 aromatic heterocycles. The van der Waals surface area contributed by atoms with Gasteiger partial charge in [-0.2, -0.15) is 10.1 Å². The van der Waals surface area contributed by atoms with Crippen LogP contribution in [0.4, 0.5) is 5.82 Å². The van der Waals surface area contributed by atoms with Crippen LogP contribution in [0.3, 0.4) is 0 Å². The highest BCUT2D eigenvalue weighted by atomic mass is 16.5. The minimum atomic E-state index is -0.0757. The summed E-state index contributed by atoms with van der Waals surface area (Å²) in [6, 6.07) is 7.71. The molecule has 7 heteroatoms. The predicted molar refractivity (Wildman–Crippen MR) is 83.9 cm³/mol. The van der Waals surface area contributed by atoms with Gasteiger partial charge in [0, 0.05) is 24.4 Å². The van der Waals surface area contributed by atoms with Gasteiger partial charge in [0.05, 0.1) is 12.2 Å². The molecule has 7 nitrogen and oxygen atoms in total. The molecule has 0 spiro atoms. The molecule has 118 valence electrons. The third-order valence-electron chi connectivity index (χ3n) is 3.83. The molecule has 1 saturated carbocycles. The van der Waals surface area contributed by atoms with Crippen molar-refractivity contribution < 1.29 is 4.52 Å². The van der Waals surface area contributed by atoms with Crippen LogP contribution in [0.1, 0.15) is 49.1 Å². The van der Waals surface area contributed by atoms with E-state index in [0.717, 1.165) is 17.3 Å². The molecule has 0 bridgehead atoms. The normalized spacial score (nSPS) is 15.5. The summed E-state index contributed by atoms with van der Waals surface area (Å²) < 4.78 is 7.18. The maximum atomic E-state index is 5.33. The Labute approximate surface area is 133 Å². The van der Waals surface area contributed by atoms with Gasteiger partial charge in [-0.15, -0.1) is 0 Å². The summed E-state index contributed by atoms with van der Waals surface area (Å²) in [5.41, 5.74) is 0.973. The Balaban J connectivity index is 1.40. The molecule has 1 fully saturated rings. The zero-order valence-corrected chi connectivity index (χ0v) is 12.9. The summed E-state index contributed by atoms with van der Waals surface area (Å²) in [6.45, 7) is 2.63. The standard InChI is InChI=1S/C16H18N6O/c1-11(16-19-15(21-23-16)12-5-6-12)18-14-7-9-22(20-14)10-13-4-2-3-8-17-13/h2-4,7-9,11-12H,5-6,10H2,1H3,(H,18,20)/t11-/m1/s1. The highest BCUT2D eigenvalue weighted by Gasteiger charge is 2.29. The van der Waals surface area contributed by atoms with Crippen molar-refractivity contribution in [3.05, 3.63) is 54.1 Å². The fourth-order valence-electron chi connectivity index (χ4n) is 2.40. The van der Waals surface area contributed by atoms with Crippen molar-refractivity contribution in [1.82, 2.24) is 24.9 Å². The van der Waals surface area contributed by atoms with Crippen LogP contribution < -0.4 is 5.32 Å². The second-order valence-corrected chi connectivity index (χ2v) is 5.85. The summed E-state index contributed by atoms with van der Waals surface area (Å²) in [6.07, 6.45) is 6.04. The molecule has 0 saturated heterocycles. The first kappa shape index (κ1) is 13.9. The number of nitrogens with one attached hydrogen (secondary N) is 1. The number of rotatable bonds is 6. The molecule has 0 unspecified atom stereocenters. The fraction of sp³-hybridized carbons (Fsp3) is 0.375. The molecular weight excluding hydrogens is 292 g/mol. The number of nitrogens with zero attached hydrogens (tertiary/aromatic N) is 5. The number of hydrogen-bond donors (Lipinski definition) is 1. The smallest absolute Gasteiger partial charge is 0.248 e. The number of anilines is 1. The van der Waals surface area contributed by atoms with Crippen LogP contribution >= 0.6 is 0 Å². The minimum absolute atomic E-state index is 0.0757. The third-order valence-corrected chi connectivity index (χ3v) is 3.83. The molecule has 3 aromatic rings. The molecule has 1 aliphatic rings. The lowest BCUT2D eigenvalue weighted by Crippen LogP contribution is -2.09. The molecule has 0 aromatic carbocycles. The minimum Gasteiger partial charge on any atom is -0.357 e.